The Bertz CT molecular complexity index is 1060. The molecule has 0 aliphatic carbocycles. The van der Waals surface area contributed by atoms with Gasteiger partial charge in [0.2, 0.25) is 15.9 Å². The number of nitrogens with one attached hydrogen (secondary N) is 2. The quantitative estimate of drug-likeness (QED) is 0.400. The molecule has 2 aromatic carbocycles. The third kappa shape index (κ3) is 7.03. The van der Waals surface area contributed by atoms with Crippen LogP contribution in [0.5, 0.6) is 0 Å². The number of sulfonamides is 1. The summed E-state index contributed by atoms with van der Waals surface area (Å²) in [5, 5.41) is 5.48. The van der Waals surface area contributed by atoms with Gasteiger partial charge < -0.3 is 10.6 Å². The summed E-state index contributed by atoms with van der Waals surface area (Å²) in [4.78, 5) is 23.6. The molecule has 7 nitrogen and oxygen atoms in total. The van der Waals surface area contributed by atoms with Crippen LogP contribution in [0.25, 0.3) is 0 Å². The molecule has 0 radical (unpaired) electrons. The molecule has 8 heteroatoms. The van der Waals surface area contributed by atoms with E-state index >= 15 is 0 Å². The van der Waals surface area contributed by atoms with Crippen LogP contribution in [0.2, 0.25) is 0 Å². The standard InChI is InChI=1S/C24H31N3O4S/c1-5-23(28)25-14-6-16-27(4)32(30,31)22-11-9-21(10-12-22)24(29)26-15-13-20-8-7-18(2)19(3)17-20/h5,7-12,17H,1,6,13-16H2,2-4H3,(H,25,28)(H,26,29). The van der Waals surface area contributed by atoms with Crippen molar-refractivity contribution >= 4 is 21.8 Å². The molecule has 0 atom stereocenters. The van der Waals surface area contributed by atoms with E-state index in [9.17, 15) is 18.0 Å². The average molecular weight is 458 g/mol. The number of nitrogens with zero attached hydrogens (tertiary/aromatic N) is 1. The van der Waals surface area contributed by atoms with E-state index < -0.39 is 10.0 Å². The second-order valence-electron chi connectivity index (χ2n) is 7.62. The van der Waals surface area contributed by atoms with Crippen molar-refractivity contribution in [3.05, 3.63) is 77.4 Å². The Balaban J connectivity index is 1.88. The molecule has 0 saturated carbocycles. The number of carbonyl (C=O) groups excluding carboxylic acids is 2. The summed E-state index contributed by atoms with van der Waals surface area (Å²) in [5.41, 5.74) is 4.01. The first-order chi connectivity index (χ1) is 15.1. The third-order valence-electron chi connectivity index (χ3n) is 5.23. The number of rotatable bonds is 11. The van der Waals surface area contributed by atoms with Gasteiger partial charge in [0.15, 0.2) is 0 Å². The maximum absolute atomic E-state index is 12.7. The first kappa shape index (κ1) is 25.3. The summed E-state index contributed by atoms with van der Waals surface area (Å²) < 4.78 is 26.6. The van der Waals surface area contributed by atoms with Crippen LogP contribution in [-0.4, -0.2) is 51.2 Å². The van der Waals surface area contributed by atoms with Crippen LogP contribution in [0, 0.1) is 13.8 Å². The largest absolute Gasteiger partial charge is 0.353 e. The van der Waals surface area contributed by atoms with Crippen molar-refractivity contribution in [2.75, 3.05) is 26.7 Å². The summed E-state index contributed by atoms with van der Waals surface area (Å²) >= 11 is 0. The molecule has 0 saturated heterocycles. The SMILES string of the molecule is C=CC(=O)NCCCN(C)S(=O)(=O)c1ccc(C(=O)NCCc2ccc(C)c(C)c2)cc1. The first-order valence-corrected chi connectivity index (χ1v) is 11.9. The van der Waals surface area contributed by atoms with E-state index in [1.54, 1.807) is 0 Å². The van der Waals surface area contributed by atoms with Crippen LogP contribution in [-0.2, 0) is 21.2 Å². The number of aryl methyl sites for hydroxylation is 2. The molecule has 0 fully saturated rings. The molecule has 32 heavy (non-hydrogen) atoms. The van der Waals surface area contributed by atoms with Crippen LogP contribution >= 0.6 is 0 Å². The smallest absolute Gasteiger partial charge is 0.251 e. The zero-order valence-electron chi connectivity index (χ0n) is 18.8. The van der Waals surface area contributed by atoms with E-state index in [4.69, 9.17) is 0 Å². The first-order valence-electron chi connectivity index (χ1n) is 10.5. The molecule has 2 amide bonds. The topological polar surface area (TPSA) is 95.6 Å². The van der Waals surface area contributed by atoms with Gasteiger partial charge in [0.1, 0.15) is 0 Å². The van der Waals surface area contributed by atoms with Crippen molar-refractivity contribution in [2.45, 2.75) is 31.6 Å². The third-order valence-corrected chi connectivity index (χ3v) is 7.10. The van der Waals surface area contributed by atoms with Crippen molar-refractivity contribution in [2.24, 2.45) is 0 Å². The molecule has 172 valence electrons. The summed E-state index contributed by atoms with van der Waals surface area (Å²) in [6.07, 6.45) is 2.36. The number of carbonyl (C=O) groups is 2. The molecule has 0 bridgehead atoms. The Morgan fingerprint density at radius 3 is 2.31 bits per heavy atom. The molecular weight excluding hydrogens is 426 g/mol. The highest BCUT2D eigenvalue weighted by Gasteiger charge is 2.20. The van der Waals surface area contributed by atoms with E-state index in [1.807, 2.05) is 0 Å². The van der Waals surface area contributed by atoms with Crippen molar-refractivity contribution < 1.29 is 18.0 Å². The lowest BCUT2D eigenvalue weighted by atomic mass is 10.0. The van der Waals surface area contributed by atoms with Gasteiger partial charge in [-0.2, -0.15) is 0 Å². The lowest BCUT2D eigenvalue weighted by Gasteiger charge is -2.17. The molecule has 0 spiro atoms. The van der Waals surface area contributed by atoms with Gasteiger partial charge in [-0.1, -0.05) is 24.8 Å². The highest BCUT2D eigenvalue weighted by Crippen LogP contribution is 2.16. The minimum atomic E-state index is -3.68. The van der Waals surface area contributed by atoms with Crippen molar-refractivity contribution in [1.29, 1.82) is 0 Å². The molecule has 2 aromatic rings. The zero-order chi connectivity index (χ0) is 23.7. The molecule has 0 aliphatic rings. The number of benzene rings is 2. The Hall–Kier alpha value is -2.97. The lowest BCUT2D eigenvalue weighted by molar-refractivity contribution is -0.116. The minimum Gasteiger partial charge on any atom is -0.353 e. The van der Waals surface area contributed by atoms with Gasteiger partial charge in [0.05, 0.1) is 4.90 Å². The maximum Gasteiger partial charge on any atom is 0.251 e. The van der Waals surface area contributed by atoms with Gasteiger partial charge >= 0.3 is 0 Å². The van der Waals surface area contributed by atoms with Gasteiger partial charge in [-0.25, -0.2) is 12.7 Å². The van der Waals surface area contributed by atoms with Gasteiger partial charge in [0, 0.05) is 32.2 Å². The Labute approximate surface area is 190 Å². The average Bonchev–Trinajstić information content (AvgIpc) is 2.78. The molecule has 0 aromatic heterocycles. The van der Waals surface area contributed by atoms with Gasteiger partial charge in [-0.05, 0) is 73.7 Å². The second kappa shape index (κ2) is 11.6. The number of amides is 2. The number of hydrogen-bond acceptors (Lipinski definition) is 4. The van der Waals surface area contributed by atoms with E-state index in [1.165, 1.54) is 52.8 Å². The van der Waals surface area contributed by atoms with E-state index in [0.29, 0.717) is 25.1 Å². The fourth-order valence-electron chi connectivity index (χ4n) is 3.05. The summed E-state index contributed by atoms with van der Waals surface area (Å²) in [5.74, 6) is -0.539. The highest BCUT2D eigenvalue weighted by atomic mass is 32.2. The Morgan fingerprint density at radius 2 is 1.69 bits per heavy atom. The Morgan fingerprint density at radius 1 is 1.00 bits per heavy atom. The predicted octanol–water partition coefficient (Wildman–Crippen LogP) is 2.59. The van der Waals surface area contributed by atoms with E-state index in [0.717, 1.165) is 12.0 Å². The van der Waals surface area contributed by atoms with Crippen molar-refractivity contribution in [3.63, 3.8) is 0 Å². The van der Waals surface area contributed by atoms with Crippen LogP contribution < -0.4 is 10.6 Å². The fraction of sp³-hybridized carbons (Fsp3) is 0.333. The lowest BCUT2D eigenvalue weighted by Crippen LogP contribution is -2.31. The Kier molecular flexibility index (Phi) is 9.16. The molecule has 0 unspecified atom stereocenters. The van der Waals surface area contributed by atoms with Crippen molar-refractivity contribution in [1.82, 2.24) is 14.9 Å². The van der Waals surface area contributed by atoms with Crippen LogP contribution in [0.1, 0.15) is 33.5 Å². The van der Waals surface area contributed by atoms with Gasteiger partial charge in [-0.15, -0.1) is 0 Å². The highest BCUT2D eigenvalue weighted by molar-refractivity contribution is 7.89. The monoisotopic (exact) mass is 457 g/mol. The molecule has 0 aliphatic heterocycles. The van der Waals surface area contributed by atoms with Crippen molar-refractivity contribution in [3.8, 4) is 0 Å². The minimum absolute atomic E-state index is 0.113. The van der Waals surface area contributed by atoms with Crippen LogP contribution in [0.15, 0.2) is 60.0 Å². The molecule has 2 N–H and O–H groups in total. The van der Waals surface area contributed by atoms with E-state index in [2.05, 4.69) is 49.3 Å². The molecule has 2 rings (SSSR count). The normalized spacial score (nSPS) is 11.2. The summed E-state index contributed by atoms with van der Waals surface area (Å²) in [6, 6.07) is 12.1. The second-order valence-corrected chi connectivity index (χ2v) is 9.67. The predicted molar refractivity (Wildman–Crippen MR) is 126 cm³/mol. The number of hydrogen-bond donors (Lipinski definition) is 2. The maximum atomic E-state index is 12.7. The van der Waals surface area contributed by atoms with Gasteiger partial charge in [-0.3, -0.25) is 9.59 Å². The summed E-state index contributed by atoms with van der Waals surface area (Å²) in [7, 11) is -2.20. The van der Waals surface area contributed by atoms with E-state index in [-0.39, 0.29) is 23.3 Å². The molecular formula is C24H31N3O4S. The molecule has 0 heterocycles. The zero-order valence-corrected chi connectivity index (χ0v) is 19.7. The van der Waals surface area contributed by atoms with Crippen LogP contribution in [0.3, 0.4) is 0 Å². The van der Waals surface area contributed by atoms with Crippen LogP contribution in [0.4, 0.5) is 0 Å². The van der Waals surface area contributed by atoms with Gasteiger partial charge in [0.25, 0.3) is 5.91 Å². The fourth-order valence-corrected chi connectivity index (χ4v) is 4.25. The summed E-state index contributed by atoms with van der Waals surface area (Å²) in [6.45, 7) is 8.58.